The van der Waals surface area contributed by atoms with Gasteiger partial charge in [-0.25, -0.2) is 0 Å². The molecule has 0 aliphatic carbocycles. The quantitative estimate of drug-likeness (QED) is 0.661. The first-order valence-electron chi connectivity index (χ1n) is 5.24. The van der Waals surface area contributed by atoms with Crippen LogP contribution in [0.3, 0.4) is 0 Å². The van der Waals surface area contributed by atoms with Gasteiger partial charge in [0.1, 0.15) is 0 Å². The average molecular weight is 187 g/mol. The SMILES string of the molecule is CC.CCc1ccc2cccnc2c1. The molecule has 14 heavy (non-hydrogen) atoms. The number of hydrogen-bond acceptors (Lipinski definition) is 1. The zero-order chi connectivity index (χ0) is 10.4. The molecule has 0 radical (unpaired) electrons. The first-order valence-corrected chi connectivity index (χ1v) is 5.24. The van der Waals surface area contributed by atoms with Crippen LogP contribution < -0.4 is 0 Å². The molecule has 0 spiro atoms. The molecule has 0 saturated carbocycles. The standard InChI is InChI=1S/C11H11N.C2H6/c1-2-9-5-6-10-4-3-7-12-11(10)8-9;1-2/h3-8H,2H2,1H3;1-2H3. The van der Waals surface area contributed by atoms with E-state index >= 15 is 0 Å². The van der Waals surface area contributed by atoms with E-state index in [1.165, 1.54) is 10.9 Å². The molecule has 0 fully saturated rings. The van der Waals surface area contributed by atoms with Crippen LogP contribution in [0.15, 0.2) is 36.5 Å². The minimum absolute atomic E-state index is 1.08. The maximum Gasteiger partial charge on any atom is 0.0704 e. The molecule has 1 heteroatoms. The van der Waals surface area contributed by atoms with Crippen LogP contribution in [0, 0.1) is 0 Å². The van der Waals surface area contributed by atoms with Crippen LogP contribution in [0.25, 0.3) is 10.9 Å². The molecule has 0 aliphatic rings. The molecule has 2 rings (SSSR count). The number of benzene rings is 1. The smallest absolute Gasteiger partial charge is 0.0704 e. The number of hydrogen-bond donors (Lipinski definition) is 0. The molecule has 74 valence electrons. The van der Waals surface area contributed by atoms with E-state index in [1.807, 2.05) is 26.1 Å². The highest BCUT2D eigenvalue weighted by Gasteiger charge is 1.93. The Morgan fingerprint density at radius 2 is 1.93 bits per heavy atom. The van der Waals surface area contributed by atoms with E-state index in [0.717, 1.165) is 11.9 Å². The summed E-state index contributed by atoms with van der Waals surface area (Å²) in [5.41, 5.74) is 2.44. The largest absolute Gasteiger partial charge is 0.256 e. The fraction of sp³-hybridized carbons (Fsp3) is 0.308. The third-order valence-corrected chi connectivity index (χ3v) is 2.08. The molecule has 0 N–H and O–H groups in total. The predicted molar refractivity (Wildman–Crippen MR) is 62.5 cm³/mol. The maximum absolute atomic E-state index is 4.29. The van der Waals surface area contributed by atoms with Gasteiger partial charge < -0.3 is 0 Å². The van der Waals surface area contributed by atoms with Gasteiger partial charge >= 0.3 is 0 Å². The first kappa shape index (κ1) is 10.7. The summed E-state index contributed by atoms with van der Waals surface area (Å²) in [6.45, 7) is 6.16. The molecular weight excluding hydrogens is 170 g/mol. The van der Waals surface area contributed by atoms with Gasteiger partial charge in [0.15, 0.2) is 0 Å². The summed E-state index contributed by atoms with van der Waals surface area (Å²) in [7, 11) is 0. The van der Waals surface area contributed by atoms with Crippen molar-refractivity contribution in [1.82, 2.24) is 4.98 Å². The van der Waals surface area contributed by atoms with Crippen LogP contribution in [-0.2, 0) is 6.42 Å². The van der Waals surface area contributed by atoms with Crippen LogP contribution in [0.2, 0.25) is 0 Å². The van der Waals surface area contributed by atoms with Gasteiger partial charge in [0.2, 0.25) is 0 Å². The van der Waals surface area contributed by atoms with Gasteiger partial charge in [-0.2, -0.15) is 0 Å². The number of pyridine rings is 1. The molecule has 0 bridgehead atoms. The molecule has 1 aromatic heterocycles. The molecule has 0 atom stereocenters. The number of fused-ring (bicyclic) bond motifs is 1. The molecule has 2 aromatic rings. The Bertz CT molecular complexity index is 393. The fourth-order valence-electron chi connectivity index (χ4n) is 1.33. The van der Waals surface area contributed by atoms with E-state index in [0.29, 0.717) is 0 Å². The van der Waals surface area contributed by atoms with Crippen molar-refractivity contribution in [2.75, 3.05) is 0 Å². The highest BCUT2D eigenvalue weighted by molar-refractivity contribution is 5.78. The zero-order valence-corrected chi connectivity index (χ0v) is 9.12. The Balaban J connectivity index is 0.000000461. The lowest BCUT2D eigenvalue weighted by Crippen LogP contribution is -1.81. The maximum atomic E-state index is 4.29. The van der Waals surface area contributed by atoms with Crippen molar-refractivity contribution in [2.24, 2.45) is 0 Å². The lowest BCUT2D eigenvalue weighted by molar-refractivity contribution is 1.14. The van der Waals surface area contributed by atoms with Crippen LogP contribution in [0.1, 0.15) is 26.3 Å². The molecule has 0 aliphatic heterocycles. The highest BCUT2D eigenvalue weighted by atomic mass is 14.6. The first-order chi connectivity index (χ1) is 6.90. The summed E-state index contributed by atoms with van der Waals surface area (Å²) in [5, 5.41) is 1.22. The van der Waals surface area contributed by atoms with E-state index in [1.54, 1.807) is 0 Å². The van der Waals surface area contributed by atoms with E-state index in [2.05, 4.69) is 36.2 Å². The van der Waals surface area contributed by atoms with Crippen molar-refractivity contribution in [3.8, 4) is 0 Å². The van der Waals surface area contributed by atoms with Gasteiger partial charge in [-0.1, -0.05) is 39.0 Å². The third kappa shape index (κ3) is 2.32. The van der Waals surface area contributed by atoms with Gasteiger partial charge in [0.25, 0.3) is 0 Å². The van der Waals surface area contributed by atoms with Crippen molar-refractivity contribution in [1.29, 1.82) is 0 Å². The van der Waals surface area contributed by atoms with Gasteiger partial charge in [0.05, 0.1) is 5.52 Å². The minimum atomic E-state index is 1.08. The zero-order valence-electron chi connectivity index (χ0n) is 9.12. The van der Waals surface area contributed by atoms with Crippen LogP contribution in [0.4, 0.5) is 0 Å². The highest BCUT2D eigenvalue weighted by Crippen LogP contribution is 2.12. The van der Waals surface area contributed by atoms with Crippen LogP contribution >= 0.6 is 0 Å². The summed E-state index contributed by atoms with van der Waals surface area (Å²) in [6, 6.07) is 10.5. The lowest BCUT2D eigenvalue weighted by Gasteiger charge is -1.98. The van der Waals surface area contributed by atoms with E-state index in [9.17, 15) is 0 Å². The van der Waals surface area contributed by atoms with Gasteiger partial charge in [-0.3, -0.25) is 4.98 Å². The Labute approximate surface area is 85.8 Å². The van der Waals surface area contributed by atoms with Crippen molar-refractivity contribution >= 4 is 10.9 Å². The van der Waals surface area contributed by atoms with E-state index < -0.39 is 0 Å². The Kier molecular flexibility index (Phi) is 4.11. The minimum Gasteiger partial charge on any atom is -0.256 e. The Morgan fingerprint density at radius 1 is 1.14 bits per heavy atom. The van der Waals surface area contributed by atoms with Crippen LogP contribution in [-0.4, -0.2) is 4.98 Å². The number of aromatic nitrogens is 1. The average Bonchev–Trinajstić information content (AvgIpc) is 2.31. The predicted octanol–water partition coefficient (Wildman–Crippen LogP) is 3.82. The third-order valence-electron chi connectivity index (χ3n) is 2.08. The second-order valence-electron chi connectivity index (χ2n) is 2.88. The fourth-order valence-corrected chi connectivity index (χ4v) is 1.33. The topological polar surface area (TPSA) is 12.9 Å². The van der Waals surface area contributed by atoms with E-state index in [-0.39, 0.29) is 0 Å². The monoisotopic (exact) mass is 187 g/mol. The van der Waals surface area contributed by atoms with Gasteiger partial charge in [0, 0.05) is 11.6 Å². The lowest BCUT2D eigenvalue weighted by atomic mass is 10.1. The van der Waals surface area contributed by atoms with Gasteiger partial charge in [-0.15, -0.1) is 0 Å². The van der Waals surface area contributed by atoms with Crippen molar-refractivity contribution < 1.29 is 0 Å². The van der Waals surface area contributed by atoms with Crippen LogP contribution in [0.5, 0.6) is 0 Å². The summed E-state index contributed by atoms with van der Waals surface area (Å²) < 4.78 is 0. The molecule has 0 unspecified atom stereocenters. The summed E-state index contributed by atoms with van der Waals surface area (Å²) in [6.07, 6.45) is 2.91. The summed E-state index contributed by atoms with van der Waals surface area (Å²) in [4.78, 5) is 4.29. The van der Waals surface area contributed by atoms with Gasteiger partial charge in [-0.05, 0) is 24.1 Å². The second kappa shape index (κ2) is 5.38. The number of aryl methyl sites for hydroxylation is 1. The normalized spacial score (nSPS) is 9.36. The Morgan fingerprint density at radius 3 is 2.64 bits per heavy atom. The number of nitrogens with zero attached hydrogens (tertiary/aromatic N) is 1. The van der Waals surface area contributed by atoms with Crippen molar-refractivity contribution in [2.45, 2.75) is 27.2 Å². The summed E-state index contributed by atoms with van der Waals surface area (Å²) >= 11 is 0. The Hall–Kier alpha value is -1.37. The molecule has 1 aromatic carbocycles. The number of rotatable bonds is 1. The molecule has 0 saturated heterocycles. The summed E-state index contributed by atoms with van der Waals surface area (Å²) in [5.74, 6) is 0. The molecular formula is C13H17N. The van der Waals surface area contributed by atoms with E-state index in [4.69, 9.17) is 0 Å². The molecule has 1 nitrogen and oxygen atoms in total. The molecule has 0 amide bonds. The van der Waals surface area contributed by atoms with Crippen molar-refractivity contribution in [3.05, 3.63) is 42.1 Å². The second-order valence-corrected chi connectivity index (χ2v) is 2.88. The molecule has 1 heterocycles. The van der Waals surface area contributed by atoms with Crippen molar-refractivity contribution in [3.63, 3.8) is 0 Å².